The Hall–Kier alpha value is -3.25. The Morgan fingerprint density at radius 1 is 1.02 bits per heavy atom. The van der Waals surface area contributed by atoms with E-state index in [9.17, 15) is 23.1 Å². The molecule has 1 aliphatic heterocycles. The summed E-state index contributed by atoms with van der Waals surface area (Å²) in [6, 6.07) is 14.3. The van der Waals surface area contributed by atoms with Crippen molar-refractivity contribution < 1.29 is 37.0 Å². The number of piperidine rings is 1. The van der Waals surface area contributed by atoms with Gasteiger partial charge in [0, 0.05) is 37.0 Å². The second-order valence-electron chi connectivity index (χ2n) is 16.8. The van der Waals surface area contributed by atoms with Crippen molar-refractivity contribution in [3.8, 4) is 0 Å². The first-order chi connectivity index (χ1) is 24.2. The van der Waals surface area contributed by atoms with Crippen molar-refractivity contribution in [2.24, 2.45) is 5.41 Å². The molecule has 2 aliphatic rings. The van der Waals surface area contributed by atoms with Crippen molar-refractivity contribution in [3.63, 3.8) is 0 Å². The highest BCUT2D eigenvalue weighted by Gasteiger charge is 2.46. The number of alkyl halides is 3. The van der Waals surface area contributed by atoms with Crippen LogP contribution in [0.5, 0.6) is 0 Å². The largest absolute Gasteiger partial charge is 0.445 e. The molecule has 1 aliphatic carbocycles. The lowest BCUT2D eigenvalue weighted by Gasteiger charge is -2.46. The molecule has 0 radical (unpaired) electrons. The zero-order chi connectivity index (χ0) is 38.2. The van der Waals surface area contributed by atoms with Gasteiger partial charge < -0.3 is 23.9 Å². The molecule has 2 heterocycles. The number of aliphatic hydroxyl groups is 1. The molecule has 11 heteroatoms. The van der Waals surface area contributed by atoms with Crippen LogP contribution in [0.3, 0.4) is 0 Å². The first-order valence-electron chi connectivity index (χ1n) is 18.3. The van der Waals surface area contributed by atoms with Crippen molar-refractivity contribution in [1.29, 1.82) is 0 Å². The van der Waals surface area contributed by atoms with E-state index in [1.54, 1.807) is 12.0 Å². The Labute approximate surface area is 308 Å². The van der Waals surface area contributed by atoms with Gasteiger partial charge in [-0.25, -0.2) is 4.79 Å². The molecule has 3 aromatic rings. The van der Waals surface area contributed by atoms with Crippen molar-refractivity contribution in [2.75, 3.05) is 20.2 Å². The number of carbonyl (C=O) groups is 1. The van der Waals surface area contributed by atoms with E-state index < -0.39 is 32.3 Å². The minimum atomic E-state index is -4.50. The predicted molar refractivity (Wildman–Crippen MR) is 198 cm³/mol. The number of carbonyl (C=O) groups excluding carboxylic acids is 1. The summed E-state index contributed by atoms with van der Waals surface area (Å²) in [5.74, 6) is -0.0939. The second-order valence-corrected chi connectivity index (χ2v) is 21.6. The van der Waals surface area contributed by atoms with Crippen molar-refractivity contribution >= 4 is 14.4 Å². The zero-order valence-electron chi connectivity index (χ0n) is 32.1. The Balaban J connectivity index is 1.63. The van der Waals surface area contributed by atoms with Gasteiger partial charge in [0.2, 0.25) is 0 Å². The third-order valence-electron chi connectivity index (χ3n) is 11.3. The number of aliphatic hydroxyl groups excluding tert-OH is 1. The standard InChI is InChI=1S/C41H55F3N2O5Si/c1-26(49-7)36-35(37(47)29-15-17-30(18-16-29)41(42,43)44)33(28-19-21-46(22-20-28)38(48)50-25-27-13-11-10-12-14-27)34-31(45-36)23-40(5,6)24-32(34)51-52(8,9)39(2,3)4/h10-18,26,28,32,37,47H,19-25H2,1-9H3/t26?,32-,37?/m0/s1. The second kappa shape index (κ2) is 15.2. The maximum Gasteiger partial charge on any atom is 0.416 e. The Morgan fingerprint density at radius 2 is 1.63 bits per heavy atom. The maximum atomic E-state index is 13.6. The van der Waals surface area contributed by atoms with Crippen molar-refractivity contribution in [2.45, 2.75) is 122 Å². The molecule has 0 spiro atoms. The molecule has 0 bridgehead atoms. The number of pyridine rings is 1. The van der Waals surface area contributed by atoms with Gasteiger partial charge in [-0.2, -0.15) is 13.2 Å². The normalized spacial score (nSPS) is 19.6. The lowest BCUT2D eigenvalue weighted by atomic mass is 9.70. The number of ether oxygens (including phenoxy) is 2. The van der Waals surface area contributed by atoms with Crippen molar-refractivity contribution in [1.82, 2.24) is 9.88 Å². The number of halogens is 3. The van der Waals surface area contributed by atoms with E-state index in [0.29, 0.717) is 49.2 Å². The summed E-state index contributed by atoms with van der Waals surface area (Å²) in [6.07, 6.45) is -4.34. The van der Waals surface area contributed by atoms with Gasteiger partial charge in [0.25, 0.3) is 0 Å². The van der Waals surface area contributed by atoms with Crippen LogP contribution >= 0.6 is 0 Å². The highest BCUT2D eigenvalue weighted by molar-refractivity contribution is 6.74. The average Bonchev–Trinajstić information content (AvgIpc) is 3.08. The maximum absolute atomic E-state index is 13.6. The minimum Gasteiger partial charge on any atom is -0.445 e. The fourth-order valence-corrected chi connectivity index (χ4v) is 8.56. The van der Waals surface area contributed by atoms with E-state index in [4.69, 9.17) is 18.9 Å². The molecular formula is C41H55F3N2O5Si. The number of benzene rings is 2. The van der Waals surface area contributed by atoms with E-state index in [1.807, 2.05) is 37.3 Å². The number of fused-ring (bicyclic) bond motifs is 1. The van der Waals surface area contributed by atoms with Crippen LogP contribution in [0, 0.1) is 5.41 Å². The van der Waals surface area contributed by atoms with Gasteiger partial charge in [-0.1, -0.05) is 77.1 Å². The number of rotatable bonds is 9. The lowest BCUT2D eigenvalue weighted by Crippen LogP contribution is -2.44. The third-order valence-corrected chi connectivity index (χ3v) is 15.8. The summed E-state index contributed by atoms with van der Waals surface area (Å²) >= 11 is 0. The van der Waals surface area contributed by atoms with Gasteiger partial charge in [0.05, 0.1) is 23.5 Å². The number of amides is 1. The quantitative estimate of drug-likeness (QED) is 0.220. The summed E-state index contributed by atoms with van der Waals surface area (Å²) in [7, 11) is -0.735. The summed E-state index contributed by atoms with van der Waals surface area (Å²) in [4.78, 5) is 20.2. The van der Waals surface area contributed by atoms with E-state index in [1.165, 1.54) is 12.1 Å². The van der Waals surface area contributed by atoms with Crippen LogP contribution in [0.4, 0.5) is 18.0 Å². The molecule has 0 saturated carbocycles. The smallest absolute Gasteiger partial charge is 0.416 e. The van der Waals surface area contributed by atoms with E-state index >= 15 is 0 Å². The highest BCUT2D eigenvalue weighted by atomic mass is 28.4. The lowest BCUT2D eigenvalue weighted by molar-refractivity contribution is -0.137. The summed E-state index contributed by atoms with van der Waals surface area (Å²) in [6.45, 7) is 18.5. The van der Waals surface area contributed by atoms with Crippen LogP contribution in [0.2, 0.25) is 18.1 Å². The summed E-state index contributed by atoms with van der Waals surface area (Å²) < 4.78 is 59.5. The molecular weight excluding hydrogens is 686 g/mol. The molecule has 2 aromatic carbocycles. The molecule has 1 fully saturated rings. The Bertz CT molecular complexity index is 1700. The minimum absolute atomic E-state index is 0.0686. The van der Waals surface area contributed by atoms with E-state index in [2.05, 4.69) is 47.7 Å². The molecule has 1 saturated heterocycles. The number of methoxy groups -OCH3 is 1. The number of hydrogen-bond donors (Lipinski definition) is 1. The fourth-order valence-electron chi connectivity index (χ4n) is 7.29. The molecule has 1 aromatic heterocycles. The van der Waals surface area contributed by atoms with Gasteiger partial charge in [0.15, 0.2) is 8.32 Å². The van der Waals surface area contributed by atoms with E-state index in [-0.39, 0.29) is 35.2 Å². The summed E-state index contributed by atoms with van der Waals surface area (Å²) in [5.41, 5.74) is 4.26. The van der Waals surface area contributed by atoms with Crippen LogP contribution in [-0.2, 0) is 33.1 Å². The molecule has 1 N–H and O–H groups in total. The van der Waals surface area contributed by atoms with Crippen LogP contribution in [0.25, 0.3) is 0 Å². The Kier molecular flexibility index (Phi) is 11.7. The molecule has 3 atom stereocenters. The van der Waals surface area contributed by atoms with E-state index in [0.717, 1.165) is 40.9 Å². The van der Waals surface area contributed by atoms with Crippen LogP contribution < -0.4 is 0 Å². The molecule has 7 nitrogen and oxygen atoms in total. The predicted octanol–water partition coefficient (Wildman–Crippen LogP) is 10.4. The topological polar surface area (TPSA) is 81.1 Å². The SMILES string of the molecule is COC(C)c1nc2c(c(C3CCN(C(=O)OCc4ccccc4)CC3)c1C(O)c1ccc(C(F)(F)F)cc1)[C@@H](O[Si](C)(C)C(C)(C)C)CC(C)(C)C2. The number of nitrogens with zero attached hydrogens (tertiary/aromatic N) is 2. The van der Waals surface area contributed by atoms with Crippen molar-refractivity contribution in [3.05, 3.63) is 99.4 Å². The molecule has 5 rings (SSSR count). The summed E-state index contributed by atoms with van der Waals surface area (Å²) in [5, 5.41) is 12.2. The number of likely N-dealkylation sites (tertiary alicyclic amines) is 1. The molecule has 284 valence electrons. The van der Waals surface area contributed by atoms with Crippen LogP contribution in [0.1, 0.15) is 130 Å². The van der Waals surface area contributed by atoms with Gasteiger partial charge in [0.1, 0.15) is 12.7 Å². The Morgan fingerprint density at radius 3 is 2.19 bits per heavy atom. The fraction of sp³-hybridized carbons (Fsp3) is 0.561. The highest BCUT2D eigenvalue weighted by Crippen LogP contribution is 2.52. The average molecular weight is 741 g/mol. The number of hydrogen-bond acceptors (Lipinski definition) is 6. The van der Waals surface area contributed by atoms with Crippen LogP contribution in [0.15, 0.2) is 54.6 Å². The molecule has 2 unspecified atom stereocenters. The van der Waals surface area contributed by atoms with Gasteiger partial charge in [-0.15, -0.1) is 0 Å². The molecule has 1 amide bonds. The van der Waals surface area contributed by atoms with Gasteiger partial charge >= 0.3 is 12.3 Å². The zero-order valence-corrected chi connectivity index (χ0v) is 33.1. The first kappa shape index (κ1) is 39.9. The third kappa shape index (κ3) is 8.75. The monoisotopic (exact) mass is 740 g/mol. The van der Waals surface area contributed by atoms with Crippen LogP contribution in [-0.4, -0.2) is 49.6 Å². The van der Waals surface area contributed by atoms with Gasteiger partial charge in [-0.3, -0.25) is 4.98 Å². The number of aromatic nitrogens is 1. The molecule has 52 heavy (non-hydrogen) atoms. The van der Waals surface area contributed by atoms with Gasteiger partial charge in [-0.05, 0) is 90.9 Å². The first-order valence-corrected chi connectivity index (χ1v) is 21.2.